The topological polar surface area (TPSA) is 54.9 Å². The Balaban J connectivity index is 0.00000625. The van der Waals surface area contributed by atoms with Crippen LogP contribution in [0.4, 0.5) is 0 Å². The smallest absolute Gasteiger partial charge is 0.191 e. The van der Waals surface area contributed by atoms with Crippen LogP contribution in [0.25, 0.3) is 0 Å². The Kier molecular flexibility index (Phi) is 14.2. The zero-order valence-corrected chi connectivity index (χ0v) is 19.4. The molecule has 0 saturated heterocycles. The molecule has 0 aliphatic carbocycles. The number of hydrogen-bond acceptors (Lipinski definition) is 3. The van der Waals surface area contributed by atoms with Crippen LogP contribution in [0.5, 0.6) is 0 Å². The van der Waals surface area contributed by atoms with Crippen molar-refractivity contribution in [1.29, 1.82) is 0 Å². The minimum atomic E-state index is -0.0868. The van der Waals surface area contributed by atoms with E-state index in [4.69, 9.17) is 26.1 Å². The maximum atomic E-state index is 6.11. The number of nitrogens with one attached hydrogen (secondary N) is 2. The van der Waals surface area contributed by atoms with Gasteiger partial charge in [0, 0.05) is 37.2 Å². The molecule has 0 aliphatic heterocycles. The van der Waals surface area contributed by atoms with E-state index in [-0.39, 0.29) is 29.4 Å². The van der Waals surface area contributed by atoms with Crippen LogP contribution >= 0.6 is 35.6 Å². The van der Waals surface area contributed by atoms with Gasteiger partial charge in [-0.15, -0.1) is 24.0 Å². The van der Waals surface area contributed by atoms with E-state index >= 15 is 0 Å². The summed E-state index contributed by atoms with van der Waals surface area (Å²) in [7, 11) is 1.68. The number of nitrogens with zero attached hydrogens (tertiary/aromatic N) is 1. The van der Waals surface area contributed by atoms with E-state index in [9.17, 15) is 0 Å². The normalized spacial score (nSPS) is 11.8. The highest BCUT2D eigenvalue weighted by atomic mass is 127. The largest absolute Gasteiger partial charge is 0.382 e. The number of methoxy groups -OCH3 is 1. The van der Waals surface area contributed by atoms with Gasteiger partial charge in [0.05, 0.1) is 19.8 Å². The highest BCUT2D eigenvalue weighted by Crippen LogP contribution is 2.25. The third-order valence-electron chi connectivity index (χ3n) is 3.77. The molecule has 2 N–H and O–H groups in total. The fraction of sp³-hybridized carbons (Fsp3) is 0.632. The van der Waals surface area contributed by atoms with Crippen LogP contribution in [-0.4, -0.2) is 52.5 Å². The van der Waals surface area contributed by atoms with Gasteiger partial charge in [0.2, 0.25) is 0 Å². The molecule has 0 amide bonds. The first-order valence-corrected chi connectivity index (χ1v) is 9.22. The Hall–Kier alpha value is -0.570. The summed E-state index contributed by atoms with van der Waals surface area (Å²) in [6.45, 7) is 10.7. The summed E-state index contributed by atoms with van der Waals surface area (Å²) in [4.78, 5) is 4.73. The van der Waals surface area contributed by atoms with Crippen LogP contribution in [0.3, 0.4) is 0 Å². The van der Waals surface area contributed by atoms with Gasteiger partial charge in [0.25, 0.3) is 0 Å². The van der Waals surface area contributed by atoms with Crippen molar-refractivity contribution in [3.8, 4) is 0 Å². The minimum Gasteiger partial charge on any atom is -0.382 e. The van der Waals surface area contributed by atoms with Gasteiger partial charge in [-0.1, -0.05) is 37.6 Å². The molecule has 0 unspecified atom stereocenters. The van der Waals surface area contributed by atoms with Crippen LogP contribution in [0.1, 0.15) is 32.8 Å². The molecule has 0 fully saturated rings. The molecule has 7 heteroatoms. The summed E-state index contributed by atoms with van der Waals surface area (Å²) in [5, 5.41) is 7.39. The van der Waals surface area contributed by atoms with Crippen molar-refractivity contribution in [2.45, 2.75) is 32.6 Å². The minimum absolute atomic E-state index is 0. The molecule has 0 spiro atoms. The van der Waals surface area contributed by atoms with Gasteiger partial charge in [-0.2, -0.15) is 0 Å². The lowest BCUT2D eigenvalue weighted by molar-refractivity contribution is 0.0698. The standard InChI is InChI=1S/C19H32ClN3O2.HI/c1-5-21-18(22-10-7-11-25-13-12-24-4)23-15-19(2,3)16-8-6-9-17(20)14-16;/h6,8-9,14H,5,7,10-13,15H2,1-4H3,(H2,21,22,23);1H. The monoisotopic (exact) mass is 497 g/mol. The lowest BCUT2D eigenvalue weighted by Crippen LogP contribution is -2.39. The van der Waals surface area contributed by atoms with Gasteiger partial charge in [0.1, 0.15) is 0 Å². The Bertz CT molecular complexity index is 527. The highest BCUT2D eigenvalue weighted by Gasteiger charge is 2.20. The highest BCUT2D eigenvalue weighted by molar-refractivity contribution is 14.0. The van der Waals surface area contributed by atoms with Gasteiger partial charge >= 0.3 is 0 Å². The second-order valence-electron chi connectivity index (χ2n) is 6.47. The molecule has 0 saturated carbocycles. The van der Waals surface area contributed by atoms with E-state index in [1.165, 1.54) is 5.56 Å². The van der Waals surface area contributed by atoms with Crippen LogP contribution < -0.4 is 10.6 Å². The number of ether oxygens (including phenoxy) is 2. The second kappa shape index (κ2) is 14.5. The lowest BCUT2D eigenvalue weighted by Gasteiger charge is -2.24. The molecule has 1 rings (SSSR count). The molecule has 0 atom stereocenters. The van der Waals surface area contributed by atoms with Gasteiger partial charge < -0.3 is 20.1 Å². The van der Waals surface area contributed by atoms with Crippen molar-refractivity contribution in [2.75, 3.05) is 46.6 Å². The molecular weight excluding hydrogens is 465 g/mol. The summed E-state index contributed by atoms with van der Waals surface area (Å²) in [6, 6.07) is 7.98. The number of guanidine groups is 1. The first-order chi connectivity index (χ1) is 12.0. The summed E-state index contributed by atoms with van der Waals surface area (Å²) in [6.07, 6.45) is 0.922. The SMILES string of the molecule is CCNC(=NCC(C)(C)c1cccc(Cl)c1)NCCCOCCOC.I. The maximum Gasteiger partial charge on any atom is 0.191 e. The van der Waals surface area contributed by atoms with Crippen LogP contribution in [-0.2, 0) is 14.9 Å². The van der Waals surface area contributed by atoms with Gasteiger partial charge in [-0.3, -0.25) is 4.99 Å². The quantitative estimate of drug-likeness (QED) is 0.211. The predicted molar refractivity (Wildman–Crippen MR) is 121 cm³/mol. The molecule has 0 aromatic heterocycles. The van der Waals surface area contributed by atoms with Gasteiger partial charge in [-0.05, 0) is 31.0 Å². The molecule has 0 heterocycles. The zero-order chi connectivity index (χ0) is 18.5. The molecule has 1 aromatic carbocycles. The molecule has 0 radical (unpaired) electrons. The molecule has 0 aliphatic rings. The number of rotatable bonds is 11. The summed E-state index contributed by atoms with van der Waals surface area (Å²) >= 11 is 6.11. The van der Waals surface area contributed by atoms with Gasteiger partial charge in [0.15, 0.2) is 5.96 Å². The summed E-state index contributed by atoms with van der Waals surface area (Å²) in [5.41, 5.74) is 1.10. The number of halogens is 2. The van der Waals surface area contributed by atoms with Crippen molar-refractivity contribution < 1.29 is 9.47 Å². The first-order valence-electron chi connectivity index (χ1n) is 8.84. The Morgan fingerprint density at radius 1 is 1.19 bits per heavy atom. The second-order valence-corrected chi connectivity index (χ2v) is 6.91. The Morgan fingerprint density at radius 3 is 2.62 bits per heavy atom. The van der Waals surface area contributed by atoms with E-state index < -0.39 is 0 Å². The van der Waals surface area contributed by atoms with Crippen LogP contribution in [0.15, 0.2) is 29.3 Å². The first kappa shape index (κ1) is 25.4. The molecule has 150 valence electrons. The van der Waals surface area contributed by atoms with Crippen molar-refractivity contribution in [3.05, 3.63) is 34.9 Å². The summed E-state index contributed by atoms with van der Waals surface area (Å²) < 4.78 is 10.4. The molecule has 1 aromatic rings. The molecule has 26 heavy (non-hydrogen) atoms. The third kappa shape index (κ3) is 10.5. The zero-order valence-electron chi connectivity index (χ0n) is 16.3. The van der Waals surface area contributed by atoms with Crippen LogP contribution in [0, 0.1) is 0 Å². The van der Waals surface area contributed by atoms with Gasteiger partial charge in [-0.25, -0.2) is 0 Å². The van der Waals surface area contributed by atoms with E-state index in [2.05, 4.69) is 37.5 Å². The van der Waals surface area contributed by atoms with E-state index in [1.807, 2.05) is 18.2 Å². The molecular formula is C19H33ClIN3O2. The summed E-state index contributed by atoms with van der Waals surface area (Å²) in [5.74, 6) is 0.828. The maximum absolute atomic E-state index is 6.11. The van der Waals surface area contributed by atoms with Crippen molar-refractivity contribution in [2.24, 2.45) is 4.99 Å². The van der Waals surface area contributed by atoms with Crippen molar-refractivity contribution in [3.63, 3.8) is 0 Å². The van der Waals surface area contributed by atoms with Crippen LogP contribution in [0.2, 0.25) is 5.02 Å². The fourth-order valence-corrected chi connectivity index (χ4v) is 2.43. The average Bonchev–Trinajstić information content (AvgIpc) is 2.59. The number of aliphatic imine (C=N–C) groups is 1. The number of benzene rings is 1. The molecule has 5 nitrogen and oxygen atoms in total. The van der Waals surface area contributed by atoms with E-state index in [1.54, 1.807) is 7.11 Å². The average molecular weight is 498 g/mol. The predicted octanol–water partition coefficient (Wildman–Crippen LogP) is 3.84. The Labute approximate surface area is 180 Å². The van der Waals surface area contributed by atoms with Crippen molar-refractivity contribution >= 4 is 41.5 Å². The van der Waals surface area contributed by atoms with E-state index in [0.29, 0.717) is 26.4 Å². The fourth-order valence-electron chi connectivity index (χ4n) is 2.24. The third-order valence-corrected chi connectivity index (χ3v) is 4.01. The van der Waals surface area contributed by atoms with Crippen molar-refractivity contribution in [1.82, 2.24) is 10.6 Å². The Morgan fingerprint density at radius 2 is 1.96 bits per heavy atom. The van der Waals surface area contributed by atoms with E-state index in [0.717, 1.165) is 30.5 Å². The number of hydrogen-bond donors (Lipinski definition) is 2. The lowest BCUT2D eigenvalue weighted by atomic mass is 9.85. The molecule has 0 bridgehead atoms.